The molecule has 0 aliphatic carbocycles. The van der Waals surface area contributed by atoms with Crippen LogP contribution in [-0.2, 0) is 28.7 Å². The van der Waals surface area contributed by atoms with Crippen molar-refractivity contribution in [2.45, 2.75) is 39.5 Å². The number of nitrogens with zero attached hydrogens (tertiary/aromatic N) is 5. The molecule has 0 N–H and O–H groups in total. The van der Waals surface area contributed by atoms with Crippen LogP contribution in [0.4, 0.5) is 13.2 Å². The van der Waals surface area contributed by atoms with E-state index < -0.39 is 18.0 Å². The average molecular weight is 451 g/mol. The van der Waals surface area contributed by atoms with Crippen LogP contribution < -0.4 is 0 Å². The van der Waals surface area contributed by atoms with Gasteiger partial charge in [-0.05, 0) is 37.3 Å². The van der Waals surface area contributed by atoms with Gasteiger partial charge in [0.25, 0.3) is 11.6 Å². The molecule has 0 fully saturated rings. The lowest BCUT2D eigenvalue weighted by atomic mass is 10.1. The lowest BCUT2D eigenvalue weighted by Crippen LogP contribution is -2.11. The van der Waals surface area contributed by atoms with Crippen molar-refractivity contribution in [3.05, 3.63) is 52.2 Å². The minimum Gasteiger partial charge on any atom is -0.459 e. The van der Waals surface area contributed by atoms with Gasteiger partial charge in [0.2, 0.25) is 5.89 Å². The average Bonchev–Trinajstić information content (AvgIpc) is 3.44. The number of fused-ring (bicyclic) bond motifs is 1. The summed E-state index contributed by atoms with van der Waals surface area (Å²) in [4.78, 5) is 24.8. The van der Waals surface area contributed by atoms with Gasteiger partial charge >= 0.3 is 12.1 Å². The molecule has 31 heavy (non-hydrogen) atoms. The van der Waals surface area contributed by atoms with Crippen molar-refractivity contribution in [2.24, 2.45) is 0 Å². The molecule has 0 bridgehead atoms. The Morgan fingerprint density at radius 1 is 1.26 bits per heavy atom. The van der Waals surface area contributed by atoms with Crippen molar-refractivity contribution in [1.29, 1.82) is 0 Å². The number of alkyl halides is 3. The topological polar surface area (TPSA) is 95.4 Å². The molecule has 0 saturated carbocycles. The molecule has 0 aromatic carbocycles. The highest BCUT2D eigenvalue weighted by Crippen LogP contribution is 2.27. The Balaban J connectivity index is 1.40. The van der Waals surface area contributed by atoms with Crippen LogP contribution in [0.2, 0.25) is 0 Å². The van der Waals surface area contributed by atoms with E-state index in [2.05, 4.69) is 20.1 Å². The third-order valence-corrected chi connectivity index (χ3v) is 5.40. The molecule has 0 amide bonds. The summed E-state index contributed by atoms with van der Waals surface area (Å²) >= 11 is 1.48. The SMILES string of the molecule is Cc1nc2nc(C(F)(F)F)nn2c(C)c1CCC(=O)OCc1coc(-c2cccs2)n1. The standard InChI is InChI=1S/C19H16F3N5O3S/c1-10-13(11(2)27-18(23-10)25-17(26-27)19(20,21)22)5-6-15(28)29-8-12-9-30-16(24-12)14-4-3-7-31-14/h3-4,7,9H,5-6,8H2,1-2H3. The van der Waals surface area contributed by atoms with Gasteiger partial charge in [0.15, 0.2) is 0 Å². The first-order valence-electron chi connectivity index (χ1n) is 9.16. The molecule has 162 valence electrons. The van der Waals surface area contributed by atoms with Crippen molar-refractivity contribution in [1.82, 2.24) is 24.6 Å². The van der Waals surface area contributed by atoms with Gasteiger partial charge in [0, 0.05) is 17.8 Å². The van der Waals surface area contributed by atoms with E-state index in [9.17, 15) is 18.0 Å². The smallest absolute Gasteiger partial charge is 0.453 e. The Bertz CT molecular complexity index is 1230. The van der Waals surface area contributed by atoms with Crippen LogP contribution in [0.3, 0.4) is 0 Å². The Hall–Kier alpha value is -3.28. The van der Waals surface area contributed by atoms with Gasteiger partial charge in [0.1, 0.15) is 18.6 Å². The third kappa shape index (κ3) is 4.43. The van der Waals surface area contributed by atoms with Crippen LogP contribution >= 0.6 is 11.3 Å². The van der Waals surface area contributed by atoms with E-state index >= 15 is 0 Å². The Morgan fingerprint density at radius 3 is 2.77 bits per heavy atom. The third-order valence-electron chi connectivity index (χ3n) is 4.55. The number of esters is 1. The number of thiophene rings is 1. The maximum absolute atomic E-state index is 12.9. The first-order chi connectivity index (χ1) is 14.7. The molecule has 0 aliphatic heterocycles. The molecule has 0 radical (unpaired) electrons. The number of oxazole rings is 1. The van der Waals surface area contributed by atoms with Crippen molar-refractivity contribution in [2.75, 3.05) is 0 Å². The van der Waals surface area contributed by atoms with Crippen LogP contribution in [0.15, 0.2) is 28.2 Å². The van der Waals surface area contributed by atoms with Gasteiger partial charge in [-0.2, -0.15) is 18.2 Å². The predicted molar refractivity (Wildman–Crippen MR) is 103 cm³/mol. The zero-order valence-electron chi connectivity index (χ0n) is 16.4. The highest BCUT2D eigenvalue weighted by atomic mass is 32.1. The molecule has 0 aliphatic rings. The summed E-state index contributed by atoms with van der Waals surface area (Å²) in [7, 11) is 0. The number of halogens is 3. The van der Waals surface area contributed by atoms with E-state index in [1.807, 2.05) is 17.5 Å². The number of ether oxygens (including phenoxy) is 1. The zero-order valence-corrected chi connectivity index (χ0v) is 17.3. The summed E-state index contributed by atoms with van der Waals surface area (Å²) in [6.45, 7) is 3.22. The summed E-state index contributed by atoms with van der Waals surface area (Å²) < 4.78 is 50.3. The molecular weight excluding hydrogens is 435 g/mol. The van der Waals surface area contributed by atoms with Gasteiger partial charge in [-0.15, -0.1) is 16.4 Å². The van der Waals surface area contributed by atoms with E-state index in [-0.39, 0.29) is 25.2 Å². The van der Waals surface area contributed by atoms with E-state index in [1.165, 1.54) is 17.6 Å². The second-order valence-corrected chi connectivity index (χ2v) is 7.64. The van der Waals surface area contributed by atoms with Crippen LogP contribution in [0, 0.1) is 13.8 Å². The fourth-order valence-corrected chi connectivity index (χ4v) is 3.69. The first-order valence-corrected chi connectivity index (χ1v) is 10.0. The molecule has 4 heterocycles. The lowest BCUT2D eigenvalue weighted by Gasteiger charge is -2.10. The highest BCUT2D eigenvalue weighted by Gasteiger charge is 2.37. The second-order valence-electron chi connectivity index (χ2n) is 6.69. The molecule has 0 unspecified atom stereocenters. The van der Waals surface area contributed by atoms with E-state index in [4.69, 9.17) is 9.15 Å². The monoisotopic (exact) mass is 451 g/mol. The fourth-order valence-electron chi connectivity index (χ4n) is 3.03. The largest absolute Gasteiger partial charge is 0.459 e. The second kappa shape index (κ2) is 8.10. The number of hydrogen-bond acceptors (Lipinski definition) is 8. The molecular formula is C19H16F3N5O3S. The van der Waals surface area contributed by atoms with E-state index in [0.717, 1.165) is 9.39 Å². The number of aromatic nitrogens is 5. The normalized spacial score (nSPS) is 11.9. The molecule has 0 saturated heterocycles. The van der Waals surface area contributed by atoms with Gasteiger partial charge in [-0.3, -0.25) is 4.79 Å². The minimum absolute atomic E-state index is 0.0192. The molecule has 4 aromatic rings. The van der Waals surface area contributed by atoms with Gasteiger partial charge in [-0.25, -0.2) is 14.5 Å². The Morgan fingerprint density at radius 2 is 2.06 bits per heavy atom. The number of rotatable bonds is 6. The van der Waals surface area contributed by atoms with Crippen molar-refractivity contribution in [3.63, 3.8) is 0 Å². The van der Waals surface area contributed by atoms with Crippen molar-refractivity contribution >= 4 is 23.1 Å². The van der Waals surface area contributed by atoms with Gasteiger partial charge in [-0.1, -0.05) is 6.07 Å². The van der Waals surface area contributed by atoms with Crippen molar-refractivity contribution in [3.8, 4) is 10.8 Å². The summed E-state index contributed by atoms with van der Waals surface area (Å²) in [5.41, 5.74) is 2.02. The predicted octanol–water partition coefficient (Wildman–Crippen LogP) is 4.15. The molecule has 4 aromatic heterocycles. The molecule has 0 spiro atoms. The van der Waals surface area contributed by atoms with Crippen LogP contribution in [0.1, 0.15) is 34.9 Å². The van der Waals surface area contributed by atoms with E-state index in [0.29, 0.717) is 28.5 Å². The Labute approximate surface area is 177 Å². The number of carbonyl (C=O) groups excluding carboxylic acids is 1. The van der Waals surface area contributed by atoms with Crippen LogP contribution in [0.5, 0.6) is 0 Å². The van der Waals surface area contributed by atoms with Crippen molar-refractivity contribution < 1.29 is 27.1 Å². The summed E-state index contributed by atoms with van der Waals surface area (Å²) in [5.74, 6) is -1.42. The maximum Gasteiger partial charge on any atom is 0.453 e. The summed E-state index contributed by atoms with van der Waals surface area (Å²) in [6, 6.07) is 3.75. The summed E-state index contributed by atoms with van der Waals surface area (Å²) in [5, 5.41) is 5.40. The number of carbonyl (C=O) groups is 1. The lowest BCUT2D eigenvalue weighted by molar-refractivity contribution is -0.145. The summed E-state index contributed by atoms with van der Waals surface area (Å²) in [6.07, 6.45) is -2.98. The Kier molecular flexibility index (Phi) is 5.48. The number of aryl methyl sites for hydroxylation is 2. The minimum atomic E-state index is -4.66. The molecule has 12 heteroatoms. The molecule has 8 nitrogen and oxygen atoms in total. The highest BCUT2D eigenvalue weighted by molar-refractivity contribution is 7.13. The first kappa shape index (κ1) is 21.0. The van der Waals surface area contributed by atoms with Gasteiger partial charge < -0.3 is 9.15 Å². The molecule has 4 rings (SSSR count). The van der Waals surface area contributed by atoms with E-state index in [1.54, 1.807) is 13.8 Å². The van der Waals surface area contributed by atoms with Crippen LogP contribution in [-0.4, -0.2) is 30.5 Å². The maximum atomic E-state index is 12.9. The quantitative estimate of drug-likeness (QED) is 0.406. The number of hydrogen-bond donors (Lipinski definition) is 0. The molecule has 0 atom stereocenters. The fraction of sp³-hybridized carbons (Fsp3) is 0.316. The zero-order chi connectivity index (χ0) is 22.2. The van der Waals surface area contributed by atoms with Crippen LogP contribution in [0.25, 0.3) is 16.5 Å². The van der Waals surface area contributed by atoms with Gasteiger partial charge in [0.05, 0.1) is 4.88 Å².